The van der Waals surface area contributed by atoms with Crippen LogP contribution in [0.15, 0.2) is 21.9 Å². The first-order valence-electron chi connectivity index (χ1n) is 10.5. The molecule has 0 saturated carbocycles. The van der Waals surface area contributed by atoms with Crippen LogP contribution in [0.4, 0.5) is 14.0 Å². The van der Waals surface area contributed by atoms with Gasteiger partial charge in [0.05, 0.1) is 12.5 Å². The zero-order valence-electron chi connectivity index (χ0n) is 19.1. The molecule has 0 N–H and O–H groups in total. The average Bonchev–Trinajstić information content (AvgIpc) is 3.26. The number of hydrogen-bond acceptors (Lipinski definition) is 11. The van der Waals surface area contributed by atoms with Gasteiger partial charge < -0.3 is 28.6 Å². The van der Waals surface area contributed by atoms with E-state index in [1.165, 1.54) is 13.8 Å². The van der Waals surface area contributed by atoms with Gasteiger partial charge >= 0.3 is 23.9 Å². The molecule has 2 fully saturated rings. The normalized spacial score (nSPS) is 25.7. The van der Waals surface area contributed by atoms with Crippen molar-refractivity contribution in [1.82, 2.24) is 14.0 Å². The molecule has 34 heavy (non-hydrogen) atoms. The number of halogens is 1. The molecule has 0 amide bonds. The second kappa shape index (κ2) is 9.93. The maximum Gasteiger partial charge on any atom is 0.509 e. The largest absolute Gasteiger partial charge is 0.509 e. The van der Waals surface area contributed by atoms with Gasteiger partial charge in [0.15, 0.2) is 18.9 Å². The summed E-state index contributed by atoms with van der Waals surface area (Å²) < 4.78 is 41.5. The summed E-state index contributed by atoms with van der Waals surface area (Å²) in [5.74, 6) is -4.14. The lowest BCUT2D eigenvalue weighted by Gasteiger charge is -2.24. The summed E-state index contributed by atoms with van der Waals surface area (Å²) in [5, 5.41) is 0. The zero-order chi connectivity index (χ0) is 25.2. The van der Waals surface area contributed by atoms with Gasteiger partial charge in [-0.1, -0.05) is 13.8 Å². The second-order valence-electron chi connectivity index (χ2n) is 8.38. The lowest BCUT2D eigenvalue weighted by atomic mass is 10.1. The summed E-state index contributed by atoms with van der Waals surface area (Å²) in [6.45, 7) is 2.68. The molecule has 1 aromatic heterocycles. The van der Waals surface area contributed by atoms with Crippen LogP contribution in [0, 0.1) is 5.92 Å². The Labute approximate surface area is 192 Å². The van der Waals surface area contributed by atoms with Crippen molar-refractivity contribution in [2.24, 2.45) is 5.92 Å². The van der Waals surface area contributed by atoms with E-state index in [-0.39, 0.29) is 11.2 Å². The third-order valence-electron chi connectivity index (χ3n) is 5.10. The number of esters is 1. The van der Waals surface area contributed by atoms with Crippen molar-refractivity contribution < 1.29 is 42.5 Å². The number of carbonyl (C=O) groups is 3. The molecular formula is C20H26FN3O10. The SMILES string of the molecule is CC(C)C(=O)OC[C@@]1(F)O[C@@H](n2ccc(=O)n(C(=O)OCCCN(C)C)c2=O)[C@@H]2OC(=O)O[C@@H]21. The van der Waals surface area contributed by atoms with E-state index in [4.69, 9.17) is 23.7 Å². The Kier molecular flexibility index (Phi) is 7.41. The van der Waals surface area contributed by atoms with Gasteiger partial charge in [-0.05, 0) is 20.5 Å². The molecule has 3 heterocycles. The number of hydrogen-bond donors (Lipinski definition) is 0. The molecule has 0 bridgehead atoms. The van der Waals surface area contributed by atoms with Crippen LogP contribution in [0.25, 0.3) is 0 Å². The number of alkyl halides is 1. The monoisotopic (exact) mass is 487 g/mol. The fourth-order valence-electron chi connectivity index (χ4n) is 3.37. The van der Waals surface area contributed by atoms with Gasteiger partial charge in [-0.3, -0.25) is 14.2 Å². The van der Waals surface area contributed by atoms with E-state index in [1.807, 2.05) is 19.0 Å². The van der Waals surface area contributed by atoms with Crippen LogP contribution in [-0.4, -0.2) is 84.2 Å². The Hall–Kier alpha value is -3.26. The van der Waals surface area contributed by atoms with Crippen LogP contribution >= 0.6 is 0 Å². The van der Waals surface area contributed by atoms with Crippen molar-refractivity contribution in [1.29, 1.82) is 0 Å². The van der Waals surface area contributed by atoms with E-state index in [2.05, 4.69) is 0 Å². The molecule has 14 heteroatoms. The molecule has 0 aliphatic carbocycles. The van der Waals surface area contributed by atoms with Crippen molar-refractivity contribution >= 4 is 18.2 Å². The molecule has 0 aromatic carbocycles. The first-order valence-corrected chi connectivity index (χ1v) is 10.5. The lowest BCUT2D eigenvalue weighted by molar-refractivity contribution is -0.220. The van der Waals surface area contributed by atoms with Gasteiger partial charge in [-0.25, -0.2) is 18.8 Å². The first-order chi connectivity index (χ1) is 15.9. The molecule has 2 aliphatic heterocycles. The Balaban J connectivity index is 1.86. The maximum atomic E-state index is 15.6. The molecule has 4 atom stereocenters. The Morgan fingerprint density at radius 1 is 1.21 bits per heavy atom. The van der Waals surface area contributed by atoms with E-state index in [0.29, 0.717) is 17.5 Å². The van der Waals surface area contributed by atoms with Gasteiger partial charge in [0.25, 0.3) is 11.4 Å². The number of ether oxygens (including phenoxy) is 5. The third-order valence-corrected chi connectivity index (χ3v) is 5.10. The van der Waals surface area contributed by atoms with Gasteiger partial charge in [0.1, 0.15) is 0 Å². The summed E-state index contributed by atoms with van der Waals surface area (Å²) in [7, 11) is 3.65. The fraction of sp³-hybridized carbons (Fsp3) is 0.650. The predicted molar refractivity (Wildman–Crippen MR) is 110 cm³/mol. The lowest BCUT2D eigenvalue weighted by Crippen LogP contribution is -2.46. The minimum Gasteiger partial charge on any atom is -0.459 e. The molecule has 2 aliphatic rings. The predicted octanol–water partition coefficient (Wildman–Crippen LogP) is 0.244. The number of aromatic nitrogens is 2. The van der Waals surface area contributed by atoms with E-state index in [9.17, 15) is 24.0 Å². The highest BCUT2D eigenvalue weighted by atomic mass is 19.2. The van der Waals surface area contributed by atoms with E-state index in [1.54, 1.807) is 0 Å². The molecule has 13 nitrogen and oxygen atoms in total. The molecular weight excluding hydrogens is 461 g/mol. The molecule has 188 valence electrons. The number of fused-ring (bicyclic) bond motifs is 1. The summed E-state index contributed by atoms with van der Waals surface area (Å²) >= 11 is 0. The van der Waals surface area contributed by atoms with Gasteiger partial charge in [-0.2, -0.15) is 4.57 Å². The highest BCUT2D eigenvalue weighted by molar-refractivity contribution is 5.71. The number of nitrogens with zero attached hydrogens (tertiary/aromatic N) is 3. The summed E-state index contributed by atoms with van der Waals surface area (Å²) in [5.41, 5.74) is -2.19. The van der Waals surface area contributed by atoms with Crippen LogP contribution in [0.1, 0.15) is 26.5 Å². The van der Waals surface area contributed by atoms with Crippen LogP contribution < -0.4 is 11.2 Å². The highest BCUT2D eigenvalue weighted by Gasteiger charge is 2.65. The molecule has 0 spiro atoms. The van der Waals surface area contributed by atoms with Crippen molar-refractivity contribution in [3.8, 4) is 0 Å². The second-order valence-corrected chi connectivity index (χ2v) is 8.38. The van der Waals surface area contributed by atoms with Crippen molar-refractivity contribution in [2.45, 2.75) is 44.6 Å². The zero-order valence-corrected chi connectivity index (χ0v) is 19.1. The number of rotatable bonds is 8. The van der Waals surface area contributed by atoms with Crippen molar-refractivity contribution in [3.63, 3.8) is 0 Å². The number of carbonyl (C=O) groups excluding carboxylic acids is 3. The standard InChI is InChI=1S/C20H26FN3O10/c1-11(2)16(26)31-10-20(21)14-13(32-19(29)33-14)15(34-20)23-8-6-12(25)24(17(23)27)18(28)30-9-5-7-22(3)4/h6,8,11,13-15H,5,7,9-10H2,1-4H3/t13-,14+,15-,20-/m1/s1. The first kappa shape index (κ1) is 25.4. The van der Waals surface area contributed by atoms with Gasteiger partial charge in [0, 0.05) is 18.8 Å². The molecule has 1 aromatic rings. The van der Waals surface area contributed by atoms with E-state index < -0.39 is 66.3 Å². The highest BCUT2D eigenvalue weighted by Crippen LogP contribution is 2.44. The van der Waals surface area contributed by atoms with Gasteiger partial charge in [0.2, 0.25) is 6.10 Å². The Bertz CT molecular complexity index is 1070. The minimum absolute atomic E-state index is 0.0529. The molecule has 0 unspecified atom stereocenters. The van der Waals surface area contributed by atoms with Crippen molar-refractivity contribution in [2.75, 3.05) is 33.9 Å². The van der Waals surface area contributed by atoms with E-state index in [0.717, 1.165) is 12.3 Å². The van der Waals surface area contributed by atoms with Crippen LogP contribution in [0.2, 0.25) is 0 Å². The summed E-state index contributed by atoms with van der Waals surface area (Å²) in [6, 6.07) is 0.871. The quantitative estimate of drug-likeness (QED) is 0.282. The van der Waals surface area contributed by atoms with E-state index >= 15 is 4.39 Å². The Morgan fingerprint density at radius 2 is 1.91 bits per heavy atom. The van der Waals surface area contributed by atoms with Crippen LogP contribution in [-0.2, 0) is 28.5 Å². The van der Waals surface area contributed by atoms with Crippen LogP contribution in [0.3, 0.4) is 0 Å². The maximum absolute atomic E-state index is 15.6. The third kappa shape index (κ3) is 5.12. The minimum atomic E-state index is -2.85. The van der Waals surface area contributed by atoms with Gasteiger partial charge in [-0.15, -0.1) is 0 Å². The topological polar surface area (TPSA) is 145 Å². The fourth-order valence-corrected chi connectivity index (χ4v) is 3.37. The summed E-state index contributed by atoms with van der Waals surface area (Å²) in [6.07, 6.45) is -5.79. The summed E-state index contributed by atoms with van der Waals surface area (Å²) in [4.78, 5) is 62.8. The molecule has 2 saturated heterocycles. The average molecular weight is 487 g/mol. The smallest absolute Gasteiger partial charge is 0.459 e. The Morgan fingerprint density at radius 3 is 2.56 bits per heavy atom. The molecule has 3 rings (SSSR count). The van der Waals surface area contributed by atoms with Crippen molar-refractivity contribution in [3.05, 3.63) is 33.1 Å². The van der Waals surface area contributed by atoms with Crippen LogP contribution in [0.5, 0.6) is 0 Å². The molecule has 0 radical (unpaired) electrons.